The Bertz CT molecular complexity index is 690. The van der Waals surface area contributed by atoms with Gasteiger partial charge in [0, 0.05) is 0 Å². The molecule has 0 spiro atoms. The van der Waals surface area contributed by atoms with E-state index >= 15 is 0 Å². The second-order valence-corrected chi connectivity index (χ2v) is 5.47. The molecule has 1 aromatic carbocycles. The number of halogens is 1. The number of aromatic nitrogens is 1. The number of carbonyl (C=O) groups is 1. The van der Waals surface area contributed by atoms with Gasteiger partial charge in [-0.05, 0) is 52.7 Å². The summed E-state index contributed by atoms with van der Waals surface area (Å²) in [5.41, 5.74) is 1.32. The molecular weight excluding hydrogens is 336 g/mol. The van der Waals surface area contributed by atoms with Gasteiger partial charge in [0.2, 0.25) is 6.79 Å². The second kappa shape index (κ2) is 5.73. The molecule has 108 valence electrons. The van der Waals surface area contributed by atoms with Crippen LogP contribution in [-0.2, 0) is 0 Å². The molecule has 1 N–H and O–H groups in total. The molecule has 0 fully saturated rings. The van der Waals surface area contributed by atoms with Crippen LogP contribution in [0.15, 0.2) is 41.0 Å². The SMILES string of the molecule is CC(NC(=O)c1cccc(Br)n1)c1ccc2c(c1)OCO2. The average molecular weight is 349 g/mol. The summed E-state index contributed by atoms with van der Waals surface area (Å²) in [5.74, 6) is 1.21. The lowest BCUT2D eigenvalue weighted by Gasteiger charge is -2.14. The minimum absolute atomic E-state index is 0.159. The zero-order chi connectivity index (χ0) is 14.8. The van der Waals surface area contributed by atoms with Gasteiger partial charge in [0.15, 0.2) is 11.5 Å². The summed E-state index contributed by atoms with van der Waals surface area (Å²) in [7, 11) is 0. The molecule has 0 saturated carbocycles. The molecule has 21 heavy (non-hydrogen) atoms. The van der Waals surface area contributed by atoms with Crippen molar-refractivity contribution >= 4 is 21.8 Å². The third kappa shape index (κ3) is 3.00. The number of benzene rings is 1. The molecule has 3 rings (SSSR count). The number of fused-ring (bicyclic) bond motifs is 1. The fourth-order valence-corrected chi connectivity index (χ4v) is 2.41. The number of hydrogen-bond acceptors (Lipinski definition) is 4. The molecule has 0 bridgehead atoms. The van der Waals surface area contributed by atoms with E-state index in [1.54, 1.807) is 18.2 Å². The molecule has 0 aliphatic carbocycles. The first-order valence-electron chi connectivity index (χ1n) is 6.46. The summed E-state index contributed by atoms with van der Waals surface area (Å²) in [5, 5.41) is 2.91. The monoisotopic (exact) mass is 348 g/mol. The topological polar surface area (TPSA) is 60.5 Å². The Kier molecular flexibility index (Phi) is 3.79. The van der Waals surface area contributed by atoms with Crippen LogP contribution in [-0.4, -0.2) is 17.7 Å². The minimum atomic E-state index is -0.221. The van der Waals surface area contributed by atoms with Gasteiger partial charge in [0.25, 0.3) is 5.91 Å². The van der Waals surface area contributed by atoms with Gasteiger partial charge in [-0.25, -0.2) is 4.98 Å². The number of pyridine rings is 1. The molecule has 1 aromatic heterocycles. The Labute approximate surface area is 130 Å². The highest BCUT2D eigenvalue weighted by Crippen LogP contribution is 2.34. The average Bonchev–Trinajstić information content (AvgIpc) is 2.94. The maximum atomic E-state index is 12.2. The first kappa shape index (κ1) is 13.9. The highest BCUT2D eigenvalue weighted by atomic mass is 79.9. The van der Waals surface area contributed by atoms with Gasteiger partial charge in [0.05, 0.1) is 6.04 Å². The van der Waals surface area contributed by atoms with Crippen molar-refractivity contribution in [1.82, 2.24) is 10.3 Å². The third-order valence-electron chi connectivity index (χ3n) is 3.19. The Hall–Kier alpha value is -2.08. The van der Waals surface area contributed by atoms with E-state index in [1.807, 2.05) is 25.1 Å². The highest BCUT2D eigenvalue weighted by Gasteiger charge is 2.17. The van der Waals surface area contributed by atoms with E-state index in [1.165, 1.54) is 0 Å². The number of amides is 1. The van der Waals surface area contributed by atoms with Crippen molar-refractivity contribution in [3.05, 3.63) is 52.3 Å². The standard InChI is InChI=1S/C15H13BrN2O3/c1-9(10-5-6-12-13(7-10)21-8-20-12)17-15(19)11-3-2-4-14(16)18-11/h2-7,9H,8H2,1H3,(H,17,19). The van der Waals surface area contributed by atoms with Gasteiger partial charge in [-0.1, -0.05) is 12.1 Å². The van der Waals surface area contributed by atoms with Crippen LogP contribution >= 0.6 is 15.9 Å². The second-order valence-electron chi connectivity index (χ2n) is 4.65. The van der Waals surface area contributed by atoms with Crippen molar-refractivity contribution in [3.63, 3.8) is 0 Å². The smallest absolute Gasteiger partial charge is 0.270 e. The highest BCUT2D eigenvalue weighted by molar-refractivity contribution is 9.10. The van der Waals surface area contributed by atoms with Crippen LogP contribution in [0.2, 0.25) is 0 Å². The number of ether oxygens (including phenoxy) is 2. The summed E-state index contributed by atoms with van der Waals surface area (Å²) in [4.78, 5) is 16.3. The molecule has 0 radical (unpaired) electrons. The molecule has 2 aromatic rings. The Morgan fingerprint density at radius 2 is 2.10 bits per heavy atom. The molecule has 1 aliphatic rings. The van der Waals surface area contributed by atoms with Crippen molar-refractivity contribution in [1.29, 1.82) is 0 Å². The lowest BCUT2D eigenvalue weighted by atomic mass is 10.1. The van der Waals surface area contributed by atoms with E-state index in [4.69, 9.17) is 9.47 Å². The fraction of sp³-hybridized carbons (Fsp3) is 0.200. The Balaban J connectivity index is 1.74. The zero-order valence-electron chi connectivity index (χ0n) is 11.3. The van der Waals surface area contributed by atoms with Crippen LogP contribution in [0, 0.1) is 0 Å². The first-order valence-corrected chi connectivity index (χ1v) is 7.26. The summed E-state index contributed by atoms with van der Waals surface area (Å²) in [6.45, 7) is 2.15. The van der Waals surface area contributed by atoms with Gasteiger partial charge >= 0.3 is 0 Å². The molecule has 6 heteroatoms. The van der Waals surface area contributed by atoms with Crippen molar-refractivity contribution in [2.75, 3.05) is 6.79 Å². The number of carbonyl (C=O) groups excluding carboxylic acids is 1. The number of hydrogen-bond donors (Lipinski definition) is 1. The largest absolute Gasteiger partial charge is 0.454 e. The van der Waals surface area contributed by atoms with Crippen molar-refractivity contribution in [2.24, 2.45) is 0 Å². The van der Waals surface area contributed by atoms with Crippen LogP contribution in [0.3, 0.4) is 0 Å². The van der Waals surface area contributed by atoms with E-state index in [0.717, 1.165) is 11.3 Å². The third-order valence-corrected chi connectivity index (χ3v) is 3.63. The van der Waals surface area contributed by atoms with E-state index in [9.17, 15) is 4.79 Å². The van der Waals surface area contributed by atoms with E-state index < -0.39 is 0 Å². The molecule has 0 saturated heterocycles. The minimum Gasteiger partial charge on any atom is -0.454 e. The van der Waals surface area contributed by atoms with E-state index in [2.05, 4.69) is 26.2 Å². The maximum Gasteiger partial charge on any atom is 0.270 e. The van der Waals surface area contributed by atoms with Gasteiger partial charge in [-0.3, -0.25) is 4.79 Å². The predicted octanol–water partition coefficient (Wildman–Crippen LogP) is 3.06. The molecule has 2 heterocycles. The molecule has 1 aliphatic heterocycles. The van der Waals surface area contributed by atoms with E-state index in [0.29, 0.717) is 16.0 Å². The van der Waals surface area contributed by atoms with Crippen LogP contribution < -0.4 is 14.8 Å². The Morgan fingerprint density at radius 3 is 2.90 bits per heavy atom. The molecular formula is C15H13BrN2O3. The van der Waals surface area contributed by atoms with Crippen molar-refractivity contribution < 1.29 is 14.3 Å². The molecule has 1 atom stereocenters. The zero-order valence-corrected chi connectivity index (χ0v) is 12.9. The van der Waals surface area contributed by atoms with Crippen LogP contribution in [0.1, 0.15) is 29.0 Å². The number of nitrogens with one attached hydrogen (secondary N) is 1. The summed E-state index contributed by atoms with van der Waals surface area (Å²) in [6, 6.07) is 10.7. The molecule has 5 nitrogen and oxygen atoms in total. The summed E-state index contributed by atoms with van der Waals surface area (Å²) >= 11 is 3.25. The first-order chi connectivity index (χ1) is 10.1. The van der Waals surface area contributed by atoms with Gasteiger partial charge in [-0.15, -0.1) is 0 Å². The fourth-order valence-electron chi connectivity index (χ4n) is 2.07. The van der Waals surface area contributed by atoms with Crippen LogP contribution in [0.5, 0.6) is 11.5 Å². The van der Waals surface area contributed by atoms with Crippen molar-refractivity contribution in [2.45, 2.75) is 13.0 Å². The van der Waals surface area contributed by atoms with Crippen LogP contribution in [0.25, 0.3) is 0 Å². The van der Waals surface area contributed by atoms with Crippen LogP contribution in [0.4, 0.5) is 0 Å². The van der Waals surface area contributed by atoms with Crippen molar-refractivity contribution in [3.8, 4) is 11.5 Å². The normalized spacial score (nSPS) is 13.8. The van der Waals surface area contributed by atoms with Gasteiger partial charge in [0.1, 0.15) is 10.3 Å². The number of nitrogens with zero attached hydrogens (tertiary/aromatic N) is 1. The van der Waals surface area contributed by atoms with Gasteiger partial charge in [-0.2, -0.15) is 0 Å². The summed E-state index contributed by atoms with van der Waals surface area (Å²) in [6.07, 6.45) is 0. The quantitative estimate of drug-likeness (QED) is 0.866. The predicted molar refractivity (Wildman–Crippen MR) is 80.4 cm³/mol. The Morgan fingerprint density at radius 1 is 1.29 bits per heavy atom. The number of rotatable bonds is 3. The van der Waals surface area contributed by atoms with E-state index in [-0.39, 0.29) is 18.7 Å². The summed E-state index contributed by atoms with van der Waals surface area (Å²) < 4.78 is 11.2. The molecule has 1 unspecified atom stereocenters. The lowest BCUT2D eigenvalue weighted by molar-refractivity contribution is 0.0934. The van der Waals surface area contributed by atoms with Gasteiger partial charge < -0.3 is 14.8 Å². The molecule has 1 amide bonds. The maximum absolute atomic E-state index is 12.2. The lowest BCUT2D eigenvalue weighted by Crippen LogP contribution is -2.27.